The average molecular weight is 383 g/mol. The Morgan fingerprint density at radius 1 is 1.00 bits per heavy atom. The minimum Gasteiger partial charge on any atom is -0.372 e. The summed E-state index contributed by atoms with van der Waals surface area (Å²) in [5, 5.41) is 5.56. The molecule has 27 heavy (non-hydrogen) atoms. The Morgan fingerprint density at radius 3 is 2.44 bits per heavy atom. The first-order valence-corrected chi connectivity index (χ1v) is 10.9. The van der Waals surface area contributed by atoms with Crippen molar-refractivity contribution in [3.05, 3.63) is 0 Å². The van der Waals surface area contributed by atoms with Crippen LogP contribution >= 0.6 is 0 Å². The lowest BCUT2D eigenvalue weighted by Crippen LogP contribution is -3.28. The highest BCUT2D eigenvalue weighted by Crippen LogP contribution is 2.29. The molecular weight excluding hydrogens is 344 g/mol. The standard InChI is InChI=1S/C20H36N4O3/c1-15-5-3-7-18(16(15)2)21-20(26)22-19(25)14-24-10-8-23(9-11-24)13-17-6-4-12-27-17/h15-18H,3-14H2,1-2H3,(H2,21,22,25,26)/p+2/t15-,16-,17+,18+/m1/s1. The van der Waals surface area contributed by atoms with Crippen LogP contribution in [0.25, 0.3) is 0 Å². The van der Waals surface area contributed by atoms with Gasteiger partial charge in [0.2, 0.25) is 0 Å². The highest BCUT2D eigenvalue weighted by molar-refractivity contribution is 5.94. The van der Waals surface area contributed by atoms with Crippen LogP contribution in [0.2, 0.25) is 0 Å². The molecule has 2 aliphatic heterocycles. The number of amides is 3. The van der Waals surface area contributed by atoms with Gasteiger partial charge in [-0.15, -0.1) is 0 Å². The number of hydrogen-bond acceptors (Lipinski definition) is 3. The van der Waals surface area contributed by atoms with Crippen molar-refractivity contribution in [2.75, 3.05) is 45.9 Å². The van der Waals surface area contributed by atoms with Crippen molar-refractivity contribution in [2.24, 2.45) is 11.8 Å². The quantitative estimate of drug-likeness (QED) is 0.472. The minimum atomic E-state index is -0.326. The van der Waals surface area contributed by atoms with Crippen molar-refractivity contribution in [1.82, 2.24) is 10.6 Å². The van der Waals surface area contributed by atoms with Crippen molar-refractivity contribution in [2.45, 2.75) is 58.1 Å². The van der Waals surface area contributed by atoms with Gasteiger partial charge >= 0.3 is 6.03 Å². The van der Waals surface area contributed by atoms with Crippen LogP contribution in [0.1, 0.15) is 46.0 Å². The van der Waals surface area contributed by atoms with E-state index >= 15 is 0 Å². The summed E-state index contributed by atoms with van der Waals surface area (Å²) in [6, 6.07) is -0.146. The Balaban J connectivity index is 1.32. The van der Waals surface area contributed by atoms with Gasteiger partial charge in [-0.25, -0.2) is 4.79 Å². The van der Waals surface area contributed by atoms with Gasteiger partial charge in [0.05, 0.1) is 0 Å². The average Bonchev–Trinajstić information content (AvgIpc) is 3.13. The van der Waals surface area contributed by atoms with E-state index in [1.807, 2.05) is 0 Å². The predicted molar refractivity (Wildman–Crippen MR) is 103 cm³/mol. The number of rotatable bonds is 5. The molecule has 3 aliphatic rings. The number of carbonyl (C=O) groups is 2. The smallest absolute Gasteiger partial charge is 0.321 e. The maximum absolute atomic E-state index is 12.2. The van der Waals surface area contributed by atoms with Gasteiger partial charge in [0.15, 0.2) is 6.54 Å². The highest BCUT2D eigenvalue weighted by atomic mass is 16.5. The van der Waals surface area contributed by atoms with E-state index in [-0.39, 0.29) is 18.0 Å². The molecule has 0 spiro atoms. The summed E-state index contributed by atoms with van der Waals surface area (Å²) in [5.41, 5.74) is 0. The second kappa shape index (κ2) is 9.85. The third kappa shape index (κ3) is 6.16. The molecule has 3 amide bonds. The fourth-order valence-corrected chi connectivity index (χ4v) is 4.85. The normalized spacial score (nSPS) is 37.0. The second-order valence-electron chi connectivity index (χ2n) is 8.91. The molecule has 0 unspecified atom stereocenters. The molecule has 2 heterocycles. The molecule has 0 radical (unpaired) electrons. The molecule has 0 aromatic heterocycles. The lowest BCUT2D eigenvalue weighted by molar-refractivity contribution is -1.01. The molecule has 0 aromatic rings. The second-order valence-corrected chi connectivity index (χ2v) is 8.91. The summed E-state index contributed by atoms with van der Waals surface area (Å²) in [6.07, 6.45) is 6.19. The molecule has 2 saturated heterocycles. The Kier molecular flexibility index (Phi) is 7.49. The Labute approximate surface area is 163 Å². The lowest BCUT2D eigenvalue weighted by Gasteiger charge is -2.34. The van der Waals surface area contributed by atoms with E-state index in [0.717, 1.165) is 52.2 Å². The van der Waals surface area contributed by atoms with Gasteiger partial charge < -0.3 is 19.9 Å². The summed E-state index contributed by atoms with van der Waals surface area (Å²) in [7, 11) is 0. The van der Waals surface area contributed by atoms with E-state index in [4.69, 9.17) is 4.74 Å². The van der Waals surface area contributed by atoms with Crippen molar-refractivity contribution >= 4 is 11.9 Å². The molecule has 1 saturated carbocycles. The van der Waals surface area contributed by atoms with Crippen molar-refractivity contribution < 1.29 is 24.1 Å². The first-order chi connectivity index (χ1) is 13.0. The number of ether oxygens (including phenoxy) is 1. The maximum atomic E-state index is 12.2. The van der Waals surface area contributed by atoms with E-state index in [2.05, 4.69) is 24.5 Å². The van der Waals surface area contributed by atoms with Crippen molar-refractivity contribution in [3.8, 4) is 0 Å². The van der Waals surface area contributed by atoms with Crippen LogP contribution in [0.15, 0.2) is 0 Å². The minimum absolute atomic E-state index is 0.165. The van der Waals surface area contributed by atoms with Gasteiger partial charge in [0, 0.05) is 12.6 Å². The lowest BCUT2D eigenvalue weighted by atomic mass is 9.78. The van der Waals surface area contributed by atoms with E-state index in [1.54, 1.807) is 4.90 Å². The number of piperazine rings is 1. The molecule has 0 bridgehead atoms. The van der Waals surface area contributed by atoms with Crippen LogP contribution in [0.4, 0.5) is 4.79 Å². The zero-order valence-electron chi connectivity index (χ0n) is 17.0. The first kappa shape index (κ1) is 20.6. The Bertz CT molecular complexity index is 501. The van der Waals surface area contributed by atoms with Gasteiger partial charge in [-0.3, -0.25) is 10.1 Å². The third-order valence-electron chi connectivity index (χ3n) is 6.89. The molecule has 7 heteroatoms. The van der Waals surface area contributed by atoms with E-state index in [1.165, 1.54) is 24.2 Å². The van der Waals surface area contributed by atoms with Crippen LogP contribution < -0.4 is 20.4 Å². The maximum Gasteiger partial charge on any atom is 0.321 e. The number of imide groups is 1. The van der Waals surface area contributed by atoms with Gasteiger partial charge in [-0.1, -0.05) is 26.7 Å². The zero-order valence-corrected chi connectivity index (χ0v) is 17.0. The first-order valence-electron chi connectivity index (χ1n) is 10.9. The number of quaternary nitrogens is 2. The van der Waals surface area contributed by atoms with Crippen LogP contribution in [0, 0.1) is 11.8 Å². The van der Waals surface area contributed by atoms with Crippen LogP contribution in [-0.2, 0) is 9.53 Å². The van der Waals surface area contributed by atoms with Gasteiger partial charge in [0.25, 0.3) is 5.91 Å². The third-order valence-corrected chi connectivity index (χ3v) is 6.89. The Morgan fingerprint density at radius 2 is 1.74 bits per heavy atom. The van der Waals surface area contributed by atoms with Gasteiger partial charge in [0.1, 0.15) is 38.8 Å². The van der Waals surface area contributed by atoms with E-state index in [9.17, 15) is 9.59 Å². The molecule has 4 atom stereocenters. The predicted octanol–water partition coefficient (Wildman–Crippen LogP) is -1.40. The van der Waals surface area contributed by atoms with Crippen LogP contribution in [0.3, 0.4) is 0 Å². The summed E-state index contributed by atoms with van der Waals surface area (Å²) < 4.78 is 5.73. The number of carbonyl (C=O) groups excluding carboxylic acids is 2. The van der Waals surface area contributed by atoms with Gasteiger partial charge in [-0.2, -0.15) is 0 Å². The number of hydrogen-bond donors (Lipinski definition) is 4. The number of nitrogens with one attached hydrogen (secondary N) is 4. The highest BCUT2D eigenvalue weighted by Gasteiger charge is 2.30. The fraction of sp³-hybridized carbons (Fsp3) is 0.900. The van der Waals surface area contributed by atoms with Crippen LogP contribution in [-0.4, -0.2) is 70.0 Å². The van der Waals surface area contributed by atoms with E-state index < -0.39 is 0 Å². The molecule has 1 aliphatic carbocycles. The molecular formula is C20H38N4O3+2. The molecule has 3 fully saturated rings. The zero-order chi connectivity index (χ0) is 19.2. The van der Waals surface area contributed by atoms with Gasteiger partial charge in [-0.05, 0) is 31.1 Å². The molecule has 0 aromatic carbocycles. The monoisotopic (exact) mass is 382 g/mol. The molecule has 7 nitrogen and oxygen atoms in total. The Hall–Kier alpha value is -1.18. The molecule has 154 valence electrons. The topological polar surface area (TPSA) is 76.3 Å². The summed E-state index contributed by atoms with van der Waals surface area (Å²) >= 11 is 0. The summed E-state index contributed by atoms with van der Waals surface area (Å²) in [4.78, 5) is 27.3. The summed E-state index contributed by atoms with van der Waals surface area (Å²) in [5.74, 6) is 0.921. The molecule has 3 rings (SSSR count). The van der Waals surface area contributed by atoms with Crippen LogP contribution in [0.5, 0.6) is 0 Å². The van der Waals surface area contributed by atoms with E-state index in [0.29, 0.717) is 24.5 Å². The SMILES string of the molecule is C[C@@H]1[C@H](C)CCC[C@@H]1NC(=O)NC(=O)C[NH+]1CC[NH+](C[C@@H]2CCCO2)CC1. The van der Waals surface area contributed by atoms with Crippen molar-refractivity contribution in [3.63, 3.8) is 0 Å². The largest absolute Gasteiger partial charge is 0.372 e. The fourth-order valence-electron chi connectivity index (χ4n) is 4.85. The molecule has 4 N–H and O–H groups in total. The number of urea groups is 1. The summed E-state index contributed by atoms with van der Waals surface area (Å²) in [6.45, 7) is 10.9. The van der Waals surface area contributed by atoms with Crippen molar-refractivity contribution in [1.29, 1.82) is 0 Å².